The van der Waals surface area contributed by atoms with E-state index in [0.717, 1.165) is 46.2 Å². The average molecular weight is 919 g/mol. The second-order valence-corrected chi connectivity index (χ2v) is 18.5. The Balaban J connectivity index is 1.35. The maximum atomic E-state index is 14.4. The van der Waals surface area contributed by atoms with Crippen LogP contribution in [0.2, 0.25) is 0 Å². The summed E-state index contributed by atoms with van der Waals surface area (Å²) in [7, 11) is -4.43. The molecule has 6 rings (SSSR count). The number of hydrogen-bond donors (Lipinski definition) is 1. The normalized spacial score (nSPS) is 20.1. The van der Waals surface area contributed by atoms with Gasteiger partial charge in [0.25, 0.3) is 9.70 Å². The van der Waals surface area contributed by atoms with E-state index in [1.54, 1.807) is 0 Å². The van der Waals surface area contributed by atoms with Crippen molar-refractivity contribution in [1.82, 2.24) is 5.32 Å². The molecule has 4 aromatic carbocycles. The molecule has 2 aliphatic rings. The van der Waals surface area contributed by atoms with Gasteiger partial charge in [-0.05, 0) is 46.2 Å². The second-order valence-electron chi connectivity index (χ2n) is 14.6. The number of phosphoric acid groups is 1. The first-order valence-electron chi connectivity index (χ1n) is 20.4. The van der Waals surface area contributed by atoms with Crippen LogP contribution in [0.4, 0.5) is 4.79 Å². The largest absolute Gasteiger partial charge is 0.508 e. The van der Waals surface area contributed by atoms with Crippen molar-refractivity contribution in [3.8, 4) is 11.1 Å². The summed E-state index contributed by atoms with van der Waals surface area (Å²) < 4.78 is 60.8. The summed E-state index contributed by atoms with van der Waals surface area (Å²) >= 11 is 18.3. The van der Waals surface area contributed by atoms with Gasteiger partial charge in [-0.2, -0.15) is 0 Å². The number of fused-ring (bicyclic) bond motifs is 3. The second kappa shape index (κ2) is 22.7. The molecular weight excluding hydrogens is 868 g/mol. The lowest BCUT2D eigenvalue weighted by Crippen LogP contribution is -2.67. The van der Waals surface area contributed by atoms with Crippen LogP contribution in [0, 0.1) is 0 Å². The molecule has 5 unspecified atom stereocenters. The number of carbonyl (C=O) groups excluding carboxylic acids is 2. The van der Waals surface area contributed by atoms with Crippen molar-refractivity contribution < 1.29 is 51.4 Å². The number of benzene rings is 4. The highest BCUT2D eigenvalue weighted by Crippen LogP contribution is 2.53. The van der Waals surface area contributed by atoms with Gasteiger partial charge in [-0.15, -0.1) is 0 Å². The van der Waals surface area contributed by atoms with Gasteiger partial charge in [0, 0.05) is 5.92 Å². The van der Waals surface area contributed by atoms with E-state index in [4.69, 9.17) is 72.1 Å². The van der Waals surface area contributed by atoms with E-state index in [1.165, 1.54) is 0 Å². The number of amides is 1. The molecule has 16 heteroatoms. The first-order chi connectivity index (χ1) is 29.5. The van der Waals surface area contributed by atoms with Crippen molar-refractivity contribution >= 4 is 54.7 Å². The van der Waals surface area contributed by atoms with Crippen molar-refractivity contribution in [3.05, 3.63) is 131 Å². The number of ether oxygens (including phenoxy) is 5. The zero-order valence-corrected chi connectivity index (χ0v) is 37.2. The summed E-state index contributed by atoms with van der Waals surface area (Å²) in [6.07, 6.45) is -3.99. The van der Waals surface area contributed by atoms with Crippen LogP contribution >= 0.6 is 42.6 Å². The quantitative estimate of drug-likeness (QED) is 0.0370. The number of unbranched alkanes of at least 4 members (excludes halogenated alkanes) is 2. The lowest BCUT2D eigenvalue weighted by molar-refractivity contribution is -0.265. The zero-order valence-electron chi connectivity index (χ0n) is 34.0. The van der Waals surface area contributed by atoms with Crippen LogP contribution in [-0.4, -0.2) is 72.9 Å². The Morgan fingerprint density at radius 2 is 1.26 bits per heavy atom. The molecule has 1 heterocycles. The molecular formula is C45H51Cl3NO11P. The van der Waals surface area contributed by atoms with Gasteiger partial charge < -0.3 is 29.0 Å². The fraction of sp³-hybridized carbons (Fsp3) is 0.422. The standard InChI is InChI=1S/C45H51Cl3NO11P/c1-3-5-25-56-61(52,57-26-6-4-2)60-42-39(49-43(50)45(46,47)48)41(59-44(51)55-29-37-35-23-15-13-21-33(35)34-22-14-16-24-36(34)37)40(54-28-32-19-11-8-12-20-32)38(58-42)30-53-27-31-17-9-7-10-18-31/h7-24,37-42H,3-6,25-30H2,1-2H3,(H,49,50). The molecule has 328 valence electrons. The minimum atomic E-state index is -4.43. The molecule has 1 aliphatic carbocycles. The Hall–Kier alpha value is -3.52. The number of phosphoric ester groups is 1. The predicted octanol–water partition coefficient (Wildman–Crippen LogP) is 10.5. The molecule has 0 radical (unpaired) electrons. The smallest absolute Gasteiger partial charge is 0.433 e. The van der Waals surface area contributed by atoms with Crippen LogP contribution in [0.25, 0.3) is 11.1 Å². The Morgan fingerprint density at radius 1 is 0.721 bits per heavy atom. The molecule has 1 fully saturated rings. The number of halogens is 3. The van der Waals surface area contributed by atoms with Crippen LogP contribution in [0.1, 0.15) is 67.7 Å². The van der Waals surface area contributed by atoms with Crippen LogP contribution in [0.5, 0.6) is 0 Å². The number of alkyl halides is 3. The topological polar surface area (TPSA) is 137 Å². The van der Waals surface area contributed by atoms with Gasteiger partial charge in [0.2, 0.25) is 0 Å². The van der Waals surface area contributed by atoms with Crippen molar-refractivity contribution in [3.63, 3.8) is 0 Å². The molecule has 0 spiro atoms. The van der Waals surface area contributed by atoms with Gasteiger partial charge in [-0.3, -0.25) is 18.4 Å². The summed E-state index contributed by atoms with van der Waals surface area (Å²) in [5, 5.41) is 2.60. The van der Waals surface area contributed by atoms with Gasteiger partial charge >= 0.3 is 14.0 Å². The maximum absolute atomic E-state index is 14.4. The zero-order chi connectivity index (χ0) is 43.2. The number of hydrogen-bond acceptors (Lipinski definition) is 11. The summed E-state index contributed by atoms with van der Waals surface area (Å²) in [6, 6.07) is 33.0. The van der Waals surface area contributed by atoms with Crippen LogP contribution in [0.3, 0.4) is 0 Å². The van der Waals surface area contributed by atoms with Crippen molar-refractivity contribution in [2.75, 3.05) is 26.4 Å². The Bertz CT molecular complexity index is 2000. The van der Waals surface area contributed by atoms with Gasteiger partial charge in [-0.25, -0.2) is 9.36 Å². The summed E-state index contributed by atoms with van der Waals surface area (Å²) in [6.45, 7) is 3.94. The molecule has 61 heavy (non-hydrogen) atoms. The summed E-state index contributed by atoms with van der Waals surface area (Å²) in [5.74, 6) is -1.41. The van der Waals surface area contributed by atoms with Crippen molar-refractivity contribution in [2.45, 2.75) is 93.1 Å². The fourth-order valence-electron chi connectivity index (χ4n) is 7.09. The van der Waals surface area contributed by atoms with Crippen LogP contribution in [-0.2, 0) is 59.8 Å². The first-order valence-corrected chi connectivity index (χ1v) is 23.0. The van der Waals surface area contributed by atoms with E-state index >= 15 is 0 Å². The molecule has 1 N–H and O–H groups in total. The molecule has 1 saturated heterocycles. The van der Waals surface area contributed by atoms with Crippen molar-refractivity contribution in [2.24, 2.45) is 0 Å². The number of nitrogens with one attached hydrogen (secondary N) is 1. The SMILES string of the molecule is CCCCOP(=O)(OCCCC)OC1OC(COCc2ccccc2)C(OCc2ccccc2)C(OC(=O)OCC2c3ccccc3-c3ccccc32)C1NC(=O)C(Cl)(Cl)Cl. The Kier molecular flexibility index (Phi) is 17.5. The maximum Gasteiger partial charge on any atom is 0.508 e. The molecule has 0 saturated carbocycles. The highest BCUT2D eigenvalue weighted by atomic mass is 35.6. The van der Waals surface area contributed by atoms with E-state index in [2.05, 4.69) is 5.32 Å². The molecule has 1 aliphatic heterocycles. The third-order valence-corrected chi connectivity index (χ3v) is 12.1. The van der Waals surface area contributed by atoms with E-state index in [-0.39, 0.29) is 45.6 Å². The molecule has 4 aromatic rings. The van der Waals surface area contributed by atoms with E-state index in [1.807, 2.05) is 123 Å². The Labute approximate surface area is 371 Å². The van der Waals surface area contributed by atoms with Gasteiger partial charge in [0.15, 0.2) is 12.4 Å². The highest BCUT2D eigenvalue weighted by molar-refractivity contribution is 7.48. The van der Waals surface area contributed by atoms with Gasteiger partial charge in [0.05, 0.1) is 33.0 Å². The van der Waals surface area contributed by atoms with E-state index in [9.17, 15) is 14.2 Å². The third kappa shape index (κ3) is 13.0. The van der Waals surface area contributed by atoms with Crippen LogP contribution < -0.4 is 5.32 Å². The lowest BCUT2D eigenvalue weighted by Gasteiger charge is -2.46. The number of rotatable bonds is 21. The summed E-state index contributed by atoms with van der Waals surface area (Å²) in [4.78, 5) is 27.6. The predicted molar refractivity (Wildman–Crippen MR) is 232 cm³/mol. The Morgan fingerprint density at radius 3 is 1.82 bits per heavy atom. The minimum Gasteiger partial charge on any atom is -0.433 e. The lowest BCUT2D eigenvalue weighted by atomic mass is 9.96. The van der Waals surface area contributed by atoms with E-state index in [0.29, 0.717) is 12.8 Å². The number of carbonyl (C=O) groups is 2. The van der Waals surface area contributed by atoms with Gasteiger partial charge in [0.1, 0.15) is 24.9 Å². The molecule has 0 bridgehead atoms. The van der Waals surface area contributed by atoms with E-state index < -0.39 is 54.3 Å². The molecule has 0 aromatic heterocycles. The minimum absolute atomic E-state index is 0.0179. The van der Waals surface area contributed by atoms with Gasteiger partial charge in [-0.1, -0.05) is 171 Å². The monoisotopic (exact) mass is 917 g/mol. The molecule has 1 amide bonds. The first kappa shape index (κ1) is 47.0. The summed E-state index contributed by atoms with van der Waals surface area (Å²) in [5.41, 5.74) is 5.72. The fourth-order valence-corrected chi connectivity index (χ4v) is 8.59. The highest BCUT2D eigenvalue weighted by Gasteiger charge is 2.54. The van der Waals surface area contributed by atoms with Crippen LogP contribution in [0.15, 0.2) is 109 Å². The third-order valence-electron chi connectivity index (χ3n) is 10.2. The molecule has 12 nitrogen and oxygen atoms in total. The van der Waals surface area contributed by atoms with Crippen molar-refractivity contribution in [1.29, 1.82) is 0 Å². The molecule has 5 atom stereocenters. The average Bonchev–Trinajstić information content (AvgIpc) is 3.57.